The minimum atomic E-state index is -5.08. The van der Waals surface area contributed by atoms with Gasteiger partial charge >= 0.3 is 24.3 Å². The lowest BCUT2D eigenvalue weighted by atomic mass is 9.97. The van der Waals surface area contributed by atoms with E-state index in [1.54, 1.807) is 0 Å². The van der Waals surface area contributed by atoms with Crippen LogP contribution >= 0.6 is 0 Å². The van der Waals surface area contributed by atoms with Crippen molar-refractivity contribution < 1.29 is 50.9 Å². The zero-order valence-corrected chi connectivity index (χ0v) is 19.8. The molecule has 1 aromatic heterocycles. The Bertz CT molecular complexity index is 839. The Labute approximate surface area is 204 Å². The van der Waals surface area contributed by atoms with Crippen LogP contribution in [0, 0.1) is 11.8 Å². The lowest BCUT2D eigenvalue weighted by Gasteiger charge is -2.31. The first-order valence-corrected chi connectivity index (χ1v) is 11.6. The number of ether oxygens (including phenoxy) is 1. The van der Waals surface area contributed by atoms with E-state index in [4.69, 9.17) is 29.6 Å². The van der Waals surface area contributed by atoms with Crippen LogP contribution in [0.2, 0.25) is 0 Å². The Kier molecular flexibility index (Phi) is 10.6. The van der Waals surface area contributed by atoms with Gasteiger partial charge in [-0.1, -0.05) is 12.8 Å². The van der Waals surface area contributed by atoms with Crippen LogP contribution < -0.4 is 0 Å². The van der Waals surface area contributed by atoms with Crippen molar-refractivity contribution in [3.8, 4) is 0 Å². The largest absolute Gasteiger partial charge is 0.490 e. The SMILES string of the molecule is CN1Cc2cnn(CC3CCCC3)c2C(COCC2CC2)C1.O=C(O)C(F)(F)F.O=C(O)C(F)(F)F. The molecule has 14 heteroatoms. The van der Waals surface area contributed by atoms with E-state index >= 15 is 0 Å². The lowest BCUT2D eigenvalue weighted by molar-refractivity contribution is -0.193. The highest BCUT2D eigenvalue weighted by atomic mass is 19.4. The van der Waals surface area contributed by atoms with E-state index in [1.807, 2.05) is 0 Å². The molecule has 36 heavy (non-hydrogen) atoms. The highest BCUT2D eigenvalue weighted by Gasteiger charge is 2.39. The summed E-state index contributed by atoms with van der Waals surface area (Å²) >= 11 is 0. The molecule has 0 spiro atoms. The summed E-state index contributed by atoms with van der Waals surface area (Å²) in [5.74, 6) is -3.32. The molecule has 4 rings (SSSR count). The monoisotopic (exact) mass is 531 g/mol. The number of fused-ring (bicyclic) bond motifs is 1. The fraction of sp³-hybridized carbons (Fsp3) is 0.773. The summed E-state index contributed by atoms with van der Waals surface area (Å²) in [6, 6.07) is 0. The molecule has 1 aliphatic heterocycles. The van der Waals surface area contributed by atoms with E-state index < -0.39 is 24.3 Å². The van der Waals surface area contributed by atoms with Gasteiger partial charge in [0, 0.05) is 43.4 Å². The van der Waals surface area contributed by atoms with Gasteiger partial charge in [0.05, 0.1) is 12.8 Å². The van der Waals surface area contributed by atoms with Crippen LogP contribution in [0.3, 0.4) is 0 Å². The van der Waals surface area contributed by atoms with Crippen LogP contribution in [-0.2, 0) is 27.4 Å². The molecular weight excluding hydrogens is 500 g/mol. The molecule has 3 aliphatic rings. The van der Waals surface area contributed by atoms with Gasteiger partial charge in [0.1, 0.15) is 0 Å². The quantitative estimate of drug-likeness (QED) is 0.528. The van der Waals surface area contributed by atoms with Crippen LogP contribution in [-0.4, -0.2) is 76.0 Å². The fourth-order valence-corrected chi connectivity index (χ4v) is 4.22. The van der Waals surface area contributed by atoms with Crippen molar-refractivity contribution in [1.82, 2.24) is 14.7 Å². The third-order valence-electron chi connectivity index (χ3n) is 6.08. The second-order valence-electron chi connectivity index (χ2n) is 9.37. The predicted octanol–water partition coefficient (Wildman–Crippen LogP) is 4.30. The number of hydrogen-bond donors (Lipinski definition) is 2. The molecule has 0 aromatic carbocycles. The highest BCUT2D eigenvalue weighted by Crippen LogP contribution is 2.33. The molecule has 2 aliphatic carbocycles. The van der Waals surface area contributed by atoms with Crippen molar-refractivity contribution in [3.05, 3.63) is 17.5 Å². The molecule has 0 radical (unpaired) electrons. The molecule has 0 bridgehead atoms. The van der Waals surface area contributed by atoms with Gasteiger partial charge in [0.15, 0.2) is 0 Å². The third kappa shape index (κ3) is 9.96. The van der Waals surface area contributed by atoms with Gasteiger partial charge in [-0.2, -0.15) is 31.4 Å². The van der Waals surface area contributed by atoms with Gasteiger partial charge in [-0.05, 0) is 44.6 Å². The predicted molar refractivity (Wildman–Crippen MR) is 114 cm³/mol. The van der Waals surface area contributed by atoms with Crippen LogP contribution in [0.25, 0.3) is 0 Å². The smallest absolute Gasteiger partial charge is 0.475 e. The van der Waals surface area contributed by atoms with Crippen molar-refractivity contribution in [3.63, 3.8) is 0 Å². The average molecular weight is 531 g/mol. The molecule has 2 fully saturated rings. The van der Waals surface area contributed by atoms with Crippen molar-refractivity contribution in [2.75, 3.05) is 26.8 Å². The normalized spacial score (nSPS) is 20.6. The number of alkyl halides is 6. The number of nitrogens with zero attached hydrogens (tertiary/aromatic N) is 3. The number of carboxylic acids is 2. The summed E-state index contributed by atoms with van der Waals surface area (Å²) in [5, 5.41) is 19.0. The van der Waals surface area contributed by atoms with Gasteiger partial charge in [0.2, 0.25) is 0 Å². The number of carbonyl (C=O) groups is 2. The second kappa shape index (κ2) is 12.7. The number of hydrogen-bond acceptors (Lipinski definition) is 5. The molecule has 1 atom stereocenters. The maximum atomic E-state index is 10.6. The summed E-state index contributed by atoms with van der Waals surface area (Å²) in [5.41, 5.74) is 2.90. The van der Waals surface area contributed by atoms with Gasteiger partial charge in [-0.15, -0.1) is 0 Å². The Balaban J connectivity index is 0.000000271. The molecular formula is C22H31F6N3O5. The number of aliphatic carboxylic acids is 2. The van der Waals surface area contributed by atoms with Gasteiger partial charge in [-0.25, -0.2) is 9.59 Å². The van der Waals surface area contributed by atoms with Gasteiger partial charge in [0.25, 0.3) is 0 Å². The first-order valence-electron chi connectivity index (χ1n) is 11.6. The molecule has 1 unspecified atom stereocenters. The van der Waals surface area contributed by atoms with E-state index in [2.05, 4.69) is 22.8 Å². The molecule has 206 valence electrons. The third-order valence-corrected chi connectivity index (χ3v) is 6.08. The van der Waals surface area contributed by atoms with E-state index in [9.17, 15) is 26.3 Å². The van der Waals surface area contributed by atoms with E-state index in [0.29, 0.717) is 5.92 Å². The standard InChI is InChI=1S/C18H29N3O.2C2HF3O2/c1-20-10-16-8-19-21(9-14-4-2-3-5-14)18(16)17(11-20)13-22-12-15-6-7-15;2*3-2(4,5)1(6)7/h8,14-15,17H,2-7,9-13H2,1H3;2*(H,6,7). The number of likely N-dealkylation sites (N-methyl/N-ethyl adjacent to an activating group) is 1. The van der Waals surface area contributed by atoms with Crippen molar-refractivity contribution in [2.24, 2.45) is 11.8 Å². The Morgan fingerprint density at radius 2 is 1.50 bits per heavy atom. The van der Waals surface area contributed by atoms with E-state index in [-0.39, 0.29) is 0 Å². The lowest BCUT2D eigenvalue weighted by Crippen LogP contribution is -2.34. The van der Waals surface area contributed by atoms with Crippen LogP contribution in [0.1, 0.15) is 55.7 Å². The first-order chi connectivity index (χ1) is 16.7. The van der Waals surface area contributed by atoms with Gasteiger partial charge in [-0.3, -0.25) is 4.68 Å². The summed E-state index contributed by atoms with van der Waals surface area (Å²) in [6.45, 7) is 5.10. The minimum absolute atomic E-state index is 0.497. The van der Waals surface area contributed by atoms with Crippen molar-refractivity contribution in [2.45, 2.75) is 69.9 Å². The topological polar surface area (TPSA) is 105 Å². The molecule has 0 amide bonds. The Hall–Kier alpha value is -2.35. The summed E-state index contributed by atoms with van der Waals surface area (Å²) < 4.78 is 71.8. The second-order valence-corrected chi connectivity index (χ2v) is 9.37. The summed E-state index contributed by atoms with van der Waals surface area (Å²) in [6.07, 6.45) is 0.267. The van der Waals surface area contributed by atoms with E-state index in [1.165, 1.54) is 49.8 Å². The number of rotatable bonds is 6. The Morgan fingerprint density at radius 1 is 0.972 bits per heavy atom. The van der Waals surface area contributed by atoms with Crippen LogP contribution in [0.4, 0.5) is 26.3 Å². The number of carboxylic acid groups (broad SMARTS) is 2. The first kappa shape index (κ1) is 29.9. The molecule has 8 nitrogen and oxygen atoms in total. The summed E-state index contributed by atoms with van der Waals surface area (Å²) in [4.78, 5) is 20.2. The molecule has 2 saturated carbocycles. The molecule has 2 heterocycles. The minimum Gasteiger partial charge on any atom is -0.475 e. The zero-order valence-electron chi connectivity index (χ0n) is 19.8. The fourth-order valence-electron chi connectivity index (χ4n) is 4.22. The highest BCUT2D eigenvalue weighted by molar-refractivity contribution is 5.73. The van der Waals surface area contributed by atoms with Gasteiger partial charge < -0.3 is 19.8 Å². The maximum absolute atomic E-state index is 10.6. The van der Waals surface area contributed by atoms with Crippen molar-refractivity contribution >= 4 is 11.9 Å². The summed E-state index contributed by atoms with van der Waals surface area (Å²) in [7, 11) is 2.21. The van der Waals surface area contributed by atoms with Crippen molar-refractivity contribution in [1.29, 1.82) is 0 Å². The van der Waals surface area contributed by atoms with E-state index in [0.717, 1.165) is 44.7 Å². The number of aromatic nitrogens is 2. The molecule has 1 aromatic rings. The maximum Gasteiger partial charge on any atom is 0.490 e. The average Bonchev–Trinajstić information content (AvgIpc) is 3.27. The Morgan fingerprint density at radius 3 is 1.97 bits per heavy atom. The number of halogens is 6. The molecule has 0 saturated heterocycles. The zero-order chi connectivity index (χ0) is 27.1. The molecule has 2 N–H and O–H groups in total. The van der Waals surface area contributed by atoms with Crippen LogP contribution in [0.5, 0.6) is 0 Å². The van der Waals surface area contributed by atoms with Crippen LogP contribution in [0.15, 0.2) is 6.20 Å².